The second-order valence-corrected chi connectivity index (χ2v) is 9.07. The summed E-state index contributed by atoms with van der Waals surface area (Å²) < 4.78 is 27.6. The van der Waals surface area contributed by atoms with Gasteiger partial charge in [-0.2, -0.15) is 4.31 Å². The van der Waals surface area contributed by atoms with E-state index >= 15 is 0 Å². The van der Waals surface area contributed by atoms with Crippen molar-refractivity contribution >= 4 is 33.0 Å². The number of hydrogen-bond acceptors (Lipinski definition) is 3. The van der Waals surface area contributed by atoms with Gasteiger partial charge in [-0.1, -0.05) is 0 Å². The Labute approximate surface area is 123 Å². The number of thiophene rings is 1. The zero-order valence-electron chi connectivity index (χ0n) is 10.7. The molecule has 0 aliphatic heterocycles. The zero-order valence-corrected chi connectivity index (χ0v) is 13.1. The molecule has 2 saturated carbocycles. The molecule has 0 spiro atoms. The molecule has 0 bridgehead atoms. The monoisotopic (exact) mass is 319 g/mol. The Bertz CT molecular complexity index is 547. The van der Waals surface area contributed by atoms with Crippen LogP contribution in [0.3, 0.4) is 0 Å². The highest BCUT2D eigenvalue weighted by Gasteiger charge is 2.41. The minimum absolute atomic E-state index is 0.254. The number of sulfonamides is 1. The van der Waals surface area contributed by atoms with Gasteiger partial charge < -0.3 is 0 Å². The summed E-state index contributed by atoms with van der Waals surface area (Å²) in [6.45, 7) is 0.718. The van der Waals surface area contributed by atoms with Crippen LogP contribution < -0.4 is 0 Å². The highest BCUT2D eigenvalue weighted by Crippen LogP contribution is 2.39. The molecule has 0 N–H and O–H groups in total. The van der Waals surface area contributed by atoms with Crippen molar-refractivity contribution in [3.63, 3.8) is 0 Å². The van der Waals surface area contributed by atoms with E-state index in [1.807, 2.05) is 6.07 Å². The molecule has 2 aliphatic rings. The van der Waals surface area contributed by atoms with Crippen LogP contribution in [0, 0.1) is 5.92 Å². The maximum absolute atomic E-state index is 12.7. The molecule has 19 heavy (non-hydrogen) atoms. The van der Waals surface area contributed by atoms with Crippen molar-refractivity contribution in [3.8, 4) is 0 Å². The fourth-order valence-corrected chi connectivity index (χ4v) is 5.76. The second-order valence-electron chi connectivity index (χ2n) is 5.41. The number of alkyl halides is 1. The van der Waals surface area contributed by atoms with Crippen LogP contribution in [0.15, 0.2) is 16.3 Å². The topological polar surface area (TPSA) is 37.4 Å². The predicted octanol–water partition coefficient (Wildman–Crippen LogP) is 3.09. The lowest BCUT2D eigenvalue weighted by molar-refractivity contribution is 0.390. The fraction of sp³-hybridized carbons (Fsp3) is 0.692. The first-order valence-electron chi connectivity index (χ1n) is 6.78. The van der Waals surface area contributed by atoms with E-state index in [0.29, 0.717) is 16.0 Å². The highest BCUT2D eigenvalue weighted by molar-refractivity contribution is 7.91. The van der Waals surface area contributed by atoms with Gasteiger partial charge in [0.1, 0.15) is 4.21 Å². The van der Waals surface area contributed by atoms with E-state index in [-0.39, 0.29) is 6.04 Å². The molecule has 0 atom stereocenters. The Morgan fingerprint density at radius 1 is 1.26 bits per heavy atom. The summed E-state index contributed by atoms with van der Waals surface area (Å²) in [6.07, 6.45) is 5.15. The Balaban J connectivity index is 1.81. The lowest BCUT2D eigenvalue weighted by Gasteiger charge is -2.20. The molecule has 0 unspecified atom stereocenters. The van der Waals surface area contributed by atoms with E-state index in [0.717, 1.165) is 30.7 Å². The van der Waals surface area contributed by atoms with Crippen molar-refractivity contribution in [2.45, 2.75) is 42.4 Å². The van der Waals surface area contributed by atoms with Gasteiger partial charge >= 0.3 is 0 Å². The molecule has 0 aromatic carbocycles. The van der Waals surface area contributed by atoms with E-state index < -0.39 is 10.0 Å². The molecule has 1 aromatic heterocycles. The Morgan fingerprint density at radius 3 is 2.58 bits per heavy atom. The number of rotatable bonds is 7. The summed E-state index contributed by atoms with van der Waals surface area (Å²) in [5, 5.41) is 0. The maximum atomic E-state index is 12.7. The normalized spacial score (nSPS) is 20.1. The summed E-state index contributed by atoms with van der Waals surface area (Å²) in [6, 6.07) is 3.89. The molecule has 3 nitrogen and oxygen atoms in total. The fourth-order valence-electron chi connectivity index (χ4n) is 2.20. The van der Waals surface area contributed by atoms with Gasteiger partial charge in [-0.15, -0.1) is 22.9 Å². The Kier molecular flexibility index (Phi) is 3.91. The standard InChI is InChI=1S/C13H18ClNO2S2/c14-8-7-12-5-6-13(18-12)19(16,17)15(11-3-4-11)9-10-1-2-10/h5-6,10-11H,1-4,7-9H2. The Morgan fingerprint density at radius 2 is 2.00 bits per heavy atom. The smallest absolute Gasteiger partial charge is 0.206 e. The number of nitrogens with zero attached hydrogens (tertiary/aromatic N) is 1. The van der Waals surface area contributed by atoms with Gasteiger partial charge in [-0.05, 0) is 50.2 Å². The first kappa shape index (κ1) is 13.9. The summed E-state index contributed by atoms with van der Waals surface area (Å²) in [7, 11) is -3.28. The Hall–Kier alpha value is -0.100. The second kappa shape index (κ2) is 5.35. The molecule has 2 aliphatic carbocycles. The van der Waals surface area contributed by atoms with Gasteiger partial charge in [0, 0.05) is 23.3 Å². The van der Waals surface area contributed by atoms with Crippen LogP contribution in [0.4, 0.5) is 0 Å². The minimum atomic E-state index is -3.28. The van der Waals surface area contributed by atoms with Gasteiger partial charge in [0.05, 0.1) is 0 Å². The molecule has 2 fully saturated rings. The average Bonchev–Trinajstić information content (AvgIpc) is 3.27. The number of hydrogen-bond donors (Lipinski definition) is 0. The van der Waals surface area contributed by atoms with Gasteiger partial charge in [0.25, 0.3) is 10.0 Å². The van der Waals surface area contributed by atoms with Crippen LogP contribution in [0.25, 0.3) is 0 Å². The van der Waals surface area contributed by atoms with Gasteiger partial charge in [-0.25, -0.2) is 8.42 Å². The maximum Gasteiger partial charge on any atom is 0.252 e. The third kappa shape index (κ3) is 3.15. The van der Waals surface area contributed by atoms with Crippen molar-refractivity contribution in [3.05, 3.63) is 17.0 Å². The van der Waals surface area contributed by atoms with Crippen LogP contribution in [0.1, 0.15) is 30.6 Å². The van der Waals surface area contributed by atoms with E-state index in [1.165, 1.54) is 24.2 Å². The zero-order chi connectivity index (χ0) is 13.5. The quantitative estimate of drug-likeness (QED) is 0.724. The molecule has 1 heterocycles. The van der Waals surface area contributed by atoms with Crippen LogP contribution in [-0.2, 0) is 16.4 Å². The summed E-state index contributed by atoms with van der Waals surface area (Å²) in [5.41, 5.74) is 0. The third-order valence-corrected chi connectivity index (χ3v) is 7.35. The first-order valence-corrected chi connectivity index (χ1v) is 9.57. The molecule has 1 aromatic rings. The van der Waals surface area contributed by atoms with Crippen LogP contribution in [0.2, 0.25) is 0 Å². The first-order chi connectivity index (χ1) is 9.11. The minimum Gasteiger partial charge on any atom is -0.206 e. The van der Waals surface area contributed by atoms with E-state index in [1.54, 1.807) is 10.4 Å². The predicted molar refractivity (Wildman–Crippen MR) is 78.4 cm³/mol. The summed E-state index contributed by atoms with van der Waals surface area (Å²) in [4.78, 5) is 1.05. The molecular weight excluding hydrogens is 302 g/mol. The molecule has 106 valence electrons. The van der Waals surface area contributed by atoms with Crippen molar-refractivity contribution in [2.75, 3.05) is 12.4 Å². The summed E-state index contributed by atoms with van der Waals surface area (Å²) in [5.74, 6) is 1.13. The van der Waals surface area contributed by atoms with Crippen molar-refractivity contribution in [1.29, 1.82) is 0 Å². The molecule has 0 amide bonds. The van der Waals surface area contributed by atoms with Crippen molar-refractivity contribution in [1.82, 2.24) is 4.31 Å². The third-order valence-electron chi connectivity index (χ3n) is 3.63. The summed E-state index contributed by atoms with van der Waals surface area (Å²) >= 11 is 7.08. The van der Waals surface area contributed by atoms with E-state index in [2.05, 4.69) is 0 Å². The van der Waals surface area contributed by atoms with Crippen LogP contribution >= 0.6 is 22.9 Å². The largest absolute Gasteiger partial charge is 0.252 e. The van der Waals surface area contributed by atoms with Gasteiger partial charge in [0.15, 0.2) is 0 Å². The molecule has 3 rings (SSSR count). The van der Waals surface area contributed by atoms with Crippen LogP contribution in [0.5, 0.6) is 0 Å². The lowest BCUT2D eigenvalue weighted by Crippen LogP contribution is -2.34. The molecule has 0 radical (unpaired) electrons. The lowest BCUT2D eigenvalue weighted by atomic mass is 10.4. The van der Waals surface area contributed by atoms with E-state index in [9.17, 15) is 8.42 Å². The van der Waals surface area contributed by atoms with Crippen molar-refractivity contribution < 1.29 is 8.42 Å². The number of aryl methyl sites for hydroxylation is 1. The van der Waals surface area contributed by atoms with Crippen molar-refractivity contribution in [2.24, 2.45) is 5.92 Å². The molecular formula is C13H18ClNO2S2. The molecule has 0 saturated heterocycles. The van der Waals surface area contributed by atoms with Gasteiger partial charge in [0.2, 0.25) is 0 Å². The number of halogens is 1. The highest BCUT2D eigenvalue weighted by atomic mass is 35.5. The van der Waals surface area contributed by atoms with Crippen LogP contribution in [-0.4, -0.2) is 31.2 Å². The van der Waals surface area contributed by atoms with Gasteiger partial charge in [-0.3, -0.25) is 0 Å². The molecule has 6 heteroatoms. The SMILES string of the molecule is O=S(=O)(c1ccc(CCCl)s1)N(CC1CC1)C1CC1. The average molecular weight is 320 g/mol. The van der Waals surface area contributed by atoms with E-state index in [4.69, 9.17) is 11.6 Å².